The van der Waals surface area contributed by atoms with Gasteiger partial charge in [0, 0.05) is 5.02 Å². The predicted molar refractivity (Wildman–Crippen MR) is 103 cm³/mol. The number of carbonyl (C=O) groups is 2. The Labute approximate surface area is 165 Å². The lowest BCUT2D eigenvalue weighted by atomic mass is 10.2. The fraction of sp³-hybridized carbons (Fsp3) is 0.0476. The van der Waals surface area contributed by atoms with Gasteiger partial charge in [0.25, 0.3) is 5.91 Å². The molecule has 0 bridgehead atoms. The van der Waals surface area contributed by atoms with Crippen molar-refractivity contribution in [2.24, 2.45) is 0 Å². The van der Waals surface area contributed by atoms with Crippen LogP contribution in [0.4, 0.5) is 10.1 Å². The van der Waals surface area contributed by atoms with Gasteiger partial charge in [-0.3, -0.25) is 4.79 Å². The molecule has 5 nitrogen and oxygen atoms in total. The molecule has 28 heavy (non-hydrogen) atoms. The number of para-hydroxylation sites is 1. The molecule has 0 aliphatic rings. The number of carbonyl (C=O) groups excluding carboxylic acids is 2. The van der Waals surface area contributed by atoms with Gasteiger partial charge in [0.05, 0.1) is 11.3 Å². The summed E-state index contributed by atoms with van der Waals surface area (Å²) >= 11 is 5.65. The fourth-order valence-electron chi connectivity index (χ4n) is 2.28. The molecule has 0 radical (unpaired) electrons. The first-order chi connectivity index (χ1) is 13.5. The van der Waals surface area contributed by atoms with Gasteiger partial charge in [-0.25, -0.2) is 9.18 Å². The highest BCUT2D eigenvalue weighted by Crippen LogP contribution is 2.21. The normalized spacial score (nSPS) is 10.2. The molecule has 0 heterocycles. The minimum absolute atomic E-state index is 0.0483. The van der Waals surface area contributed by atoms with E-state index in [4.69, 9.17) is 21.1 Å². The van der Waals surface area contributed by atoms with Gasteiger partial charge in [0.2, 0.25) is 0 Å². The van der Waals surface area contributed by atoms with Crippen molar-refractivity contribution in [2.45, 2.75) is 0 Å². The van der Waals surface area contributed by atoms with E-state index in [0.29, 0.717) is 11.5 Å². The minimum atomic E-state index is -0.682. The van der Waals surface area contributed by atoms with Crippen LogP contribution >= 0.6 is 11.6 Å². The second kappa shape index (κ2) is 9.01. The summed E-state index contributed by atoms with van der Waals surface area (Å²) in [7, 11) is 0. The molecule has 0 atom stereocenters. The van der Waals surface area contributed by atoms with E-state index in [1.807, 2.05) is 30.3 Å². The van der Waals surface area contributed by atoms with Crippen molar-refractivity contribution in [3.8, 4) is 11.5 Å². The van der Waals surface area contributed by atoms with E-state index in [2.05, 4.69) is 5.32 Å². The molecular weight excluding hydrogens is 385 g/mol. The van der Waals surface area contributed by atoms with Crippen LogP contribution in [0.1, 0.15) is 10.4 Å². The average molecular weight is 400 g/mol. The van der Waals surface area contributed by atoms with Crippen LogP contribution in [0, 0.1) is 5.82 Å². The number of nitrogens with one attached hydrogen (secondary N) is 1. The number of rotatable bonds is 6. The third-order valence-corrected chi connectivity index (χ3v) is 3.84. The maximum Gasteiger partial charge on any atom is 0.338 e. The maximum absolute atomic E-state index is 13.6. The van der Waals surface area contributed by atoms with Crippen molar-refractivity contribution >= 4 is 29.2 Å². The predicted octanol–water partition coefficient (Wildman–Crippen LogP) is 5.07. The second-order valence-electron chi connectivity index (χ2n) is 5.69. The third kappa shape index (κ3) is 5.31. The molecule has 0 unspecified atom stereocenters. The first-order valence-corrected chi connectivity index (χ1v) is 8.64. The van der Waals surface area contributed by atoms with Gasteiger partial charge in [-0.1, -0.05) is 29.8 Å². The van der Waals surface area contributed by atoms with Crippen molar-refractivity contribution in [3.05, 3.63) is 89.2 Å². The topological polar surface area (TPSA) is 64.6 Å². The summed E-state index contributed by atoms with van der Waals surface area (Å²) in [4.78, 5) is 23.9. The smallest absolute Gasteiger partial charge is 0.338 e. The summed E-state index contributed by atoms with van der Waals surface area (Å²) in [5, 5.41) is 2.52. The highest BCUT2D eigenvalue weighted by molar-refractivity contribution is 6.30. The average Bonchev–Trinajstić information content (AvgIpc) is 2.70. The molecule has 1 amide bonds. The molecule has 0 fully saturated rings. The van der Waals surface area contributed by atoms with Crippen LogP contribution in [-0.2, 0) is 9.53 Å². The van der Waals surface area contributed by atoms with Crippen LogP contribution in [-0.4, -0.2) is 18.5 Å². The number of halogens is 2. The van der Waals surface area contributed by atoms with E-state index < -0.39 is 24.3 Å². The third-order valence-electron chi connectivity index (χ3n) is 3.61. The number of hydrogen-bond acceptors (Lipinski definition) is 4. The Morgan fingerprint density at radius 2 is 1.61 bits per heavy atom. The molecule has 142 valence electrons. The lowest BCUT2D eigenvalue weighted by Gasteiger charge is -2.08. The number of ether oxygens (including phenoxy) is 2. The Hall–Kier alpha value is -3.38. The SMILES string of the molecule is O=C(COC(=O)c1ccc(Oc2ccccc2)cc1)Nc1ccc(Cl)cc1F. The highest BCUT2D eigenvalue weighted by atomic mass is 35.5. The Morgan fingerprint density at radius 1 is 0.929 bits per heavy atom. The van der Waals surface area contributed by atoms with Gasteiger partial charge < -0.3 is 14.8 Å². The Bertz CT molecular complexity index is 977. The molecule has 0 saturated carbocycles. The molecule has 3 rings (SSSR count). The Balaban J connectivity index is 1.52. The number of amides is 1. The molecule has 0 spiro atoms. The fourth-order valence-corrected chi connectivity index (χ4v) is 2.43. The van der Waals surface area contributed by atoms with Crippen LogP contribution in [0.5, 0.6) is 11.5 Å². The first-order valence-electron chi connectivity index (χ1n) is 8.26. The van der Waals surface area contributed by atoms with Crippen molar-refractivity contribution in [1.82, 2.24) is 0 Å². The molecule has 0 aromatic heterocycles. The summed E-state index contributed by atoms with van der Waals surface area (Å²) in [5.74, 6) is -0.805. The second-order valence-corrected chi connectivity index (χ2v) is 6.12. The lowest BCUT2D eigenvalue weighted by Crippen LogP contribution is -2.21. The van der Waals surface area contributed by atoms with Gasteiger partial charge in [-0.2, -0.15) is 0 Å². The van der Waals surface area contributed by atoms with E-state index in [-0.39, 0.29) is 16.3 Å². The number of benzene rings is 3. The van der Waals surface area contributed by atoms with Crippen LogP contribution < -0.4 is 10.1 Å². The summed E-state index contributed by atoms with van der Waals surface area (Å²) < 4.78 is 24.2. The van der Waals surface area contributed by atoms with Crippen LogP contribution in [0.15, 0.2) is 72.8 Å². The minimum Gasteiger partial charge on any atom is -0.457 e. The van der Waals surface area contributed by atoms with Gasteiger partial charge in [-0.05, 0) is 54.6 Å². The molecule has 0 aliphatic carbocycles. The van der Waals surface area contributed by atoms with Gasteiger partial charge in [-0.15, -0.1) is 0 Å². The molecule has 0 saturated heterocycles. The van der Waals surface area contributed by atoms with E-state index >= 15 is 0 Å². The zero-order valence-electron chi connectivity index (χ0n) is 14.5. The molecule has 7 heteroatoms. The maximum atomic E-state index is 13.6. The summed E-state index contributed by atoms with van der Waals surface area (Å²) in [5.41, 5.74) is 0.207. The quantitative estimate of drug-likeness (QED) is 0.588. The van der Waals surface area contributed by atoms with Crippen LogP contribution in [0.2, 0.25) is 5.02 Å². The Kier molecular flexibility index (Phi) is 6.24. The lowest BCUT2D eigenvalue weighted by molar-refractivity contribution is -0.119. The molecule has 1 N–H and O–H groups in total. The number of hydrogen-bond donors (Lipinski definition) is 1. The molecule has 0 aliphatic heterocycles. The first kappa shape index (κ1) is 19.4. The summed E-state index contributed by atoms with van der Waals surface area (Å²) in [6.07, 6.45) is 0. The Morgan fingerprint density at radius 3 is 2.29 bits per heavy atom. The van der Waals surface area contributed by atoms with Gasteiger partial charge in [0.15, 0.2) is 6.61 Å². The van der Waals surface area contributed by atoms with Crippen molar-refractivity contribution in [3.63, 3.8) is 0 Å². The summed E-state index contributed by atoms with van der Waals surface area (Å²) in [6, 6.07) is 19.3. The largest absolute Gasteiger partial charge is 0.457 e. The summed E-state index contributed by atoms with van der Waals surface area (Å²) in [6.45, 7) is -0.552. The number of anilines is 1. The van der Waals surface area contributed by atoms with E-state index in [1.165, 1.54) is 24.3 Å². The zero-order valence-corrected chi connectivity index (χ0v) is 15.3. The van der Waals surface area contributed by atoms with Crippen molar-refractivity contribution < 1.29 is 23.5 Å². The van der Waals surface area contributed by atoms with Crippen LogP contribution in [0.3, 0.4) is 0 Å². The van der Waals surface area contributed by atoms with Gasteiger partial charge in [0.1, 0.15) is 17.3 Å². The van der Waals surface area contributed by atoms with Crippen molar-refractivity contribution in [1.29, 1.82) is 0 Å². The highest BCUT2D eigenvalue weighted by Gasteiger charge is 2.12. The number of esters is 1. The van der Waals surface area contributed by atoms with Gasteiger partial charge >= 0.3 is 5.97 Å². The molecule has 3 aromatic carbocycles. The zero-order chi connectivity index (χ0) is 19.9. The molecular formula is C21H15ClFNO4. The van der Waals surface area contributed by atoms with E-state index in [1.54, 1.807) is 12.1 Å². The monoisotopic (exact) mass is 399 g/mol. The van der Waals surface area contributed by atoms with E-state index in [0.717, 1.165) is 6.07 Å². The van der Waals surface area contributed by atoms with Crippen LogP contribution in [0.25, 0.3) is 0 Å². The molecule has 3 aromatic rings. The van der Waals surface area contributed by atoms with E-state index in [9.17, 15) is 14.0 Å². The standard InChI is InChI=1S/C21H15ClFNO4/c22-15-8-11-19(18(23)12-15)24-20(25)13-27-21(26)14-6-9-17(10-7-14)28-16-4-2-1-3-5-16/h1-12H,13H2,(H,24,25). The van der Waals surface area contributed by atoms with Crippen molar-refractivity contribution in [2.75, 3.05) is 11.9 Å².